The smallest absolute Gasteiger partial charge is 0.266 e. The van der Waals surface area contributed by atoms with Gasteiger partial charge in [-0.05, 0) is 78.7 Å². The van der Waals surface area contributed by atoms with E-state index in [1.165, 1.54) is 6.07 Å². The van der Waals surface area contributed by atoms with Gasteiger partial charge in [0.2, 0.25) is 11.8 Å². The average Bonchev–Trinajstić information content (AvgIpc) is 3.60. The van der Waals surface area contributed by atoms with Crippen molar-refractivity contribution in [3.63, 3.8) is 0 Å². The minimum atomic E-state index is -4.28. The van der Waals surface area contributed by atoms with Gasteiger partial charge in [0.25, 0.3) is 10.0 Å². The van der Waals surface area contributed by atoms with E-state index in [4.69, 9.17) is 5.73 Å². The molecule has 4 aliphatic carbocycles. The number of nitrogens with one attached hydrogen (secondary N) is 2. The molecule has 0 radical (unpaired) electrons. The Balaban J connectivity index is 1.16. The Morgan fingerprint density at radius 2 is 1.74 bits per heavy atom. The number of nitrogens with zero attached hydrogens (tertiary/aromatic N) is 1. The zero-order valence-corrected chi connectivity index (χ0v) is 32.9. The van der Waals surface area contributed by atoms with Gasteiger partial charge in [-0.25, -0.2) is 13.1 Å². The van der Waals surface area contributed by atoms with Crippen molar-refractivity contribution in [3.8, 4) is 0 Å². The van der Waals surface area contributed by atoms with E-state index in [2.05, 4.69) is 30.1 Å². The number of aromatic nitrogens is 1. The van der Waals surface area contributed by atoms with Crippen LogP contribution in [-0.4, -0.2) is 60.3 Å². The van der Waals surface area contributed by atoms with Crippen LogP contribution in [0.4, 0.5) is 0 Å². The molecule has 4 N–H and O–H groups in total. The molecule has 53 heavy (non-hydrogen) atoms. The number of hydrogen-bond acceptors (Lipinski definition) is 7. The summed E-state index contributed by atoms with van der Waals surface area (Å²) in [6.45, 7) is 14.8. The second kappa shape index (κ2) is 12.9. The van der Waals surface area contributed by atoms with Gasteiger partial charge in [0, 0.05) is 42.3 Å². The summed E-state index contributed by atoms with van der Waals surface area (Å²) in [5.41, 5.74) is 4.84. The summed E-state index contributed by atoms with van der Waals surface area (Å²) in [6, 6.07) is 5.21. The number of ketones is 2. The standard InChI is InChI=1S/C42H58N4O6S/c1-7-28-22-40(28,37(50)45-53(51,52)33-16-11-15-27-17-20-44-35(27)33)24-32(48)30-23-42(39(5,6)41(42)18-12-19-41)25-46(30)36(49)29(38(2,3)4)21-31(47)34(43)26-13-9-8-10-14-26/h7,11,15-17,20,26,28-30,34,44H,1,8-10,12-14,18-19,21-25,43H2,2-6H3,(H,45,50)/t28-,29-,30+,34+,40-,42-/m1/s1. The zero-order chi connectivity index (χ0) is 38.4. The number of para-hydroxylation sites is 1. The van der Waals surface area contributed by atoms with E-state index in [9.17, 15) is 27.6 Å². The topological polar surface area (TPSA) is 159 Å². The highest BCUT2D eigenvalue weighted by atomic mass is 32.2. The molecule has 7 rings (SSSR count). The molecule has 2 heterocycles. The van der Waals surface area contributed by atoms with Gasteiger partial charge in [0.15, 0.2) is 11.6 Å². The lowest BCUT2D eigenvalue weighted by Crippen LogP contribution is -2.49. The minimum Gasteiger partial charge on any atom is -0.360 e. The fourth-order valence-electron chi connectivity index (χ4n) is 11.3. The van der Waals surface area contributed by atoms with Gasteiger partial charge < -0.3 is 15.6 Å². The van der Waals surface area contributed by atoms with Crippen molar-refractivity contribution in [2.24, 2.45) is 50.6 Å². The molecule has 1 aliphatic heterocycles. The van der Waals surface area contributed by atoms with Gasteiger partial charge in [-0.2, -0.15) is 0 Å². The second-order valence-corrected chi connectivity index (χ2v) is 20.5. The van der Waals surface area contributed by atoms with Gasteiger partial charge in [-0.15, -0.1) is 6.58 Å². The Hall–Kier alpha value is -3.31. The monoisotopic (exact) mass is 746 g/mol. The molecule has 5 fully saturated rings. The first-order valence-electron chi connectivity index (χ1n) is 19.7. The van der Waals surface area contributed by atoms with E-state index in [-0.39, 0.29) is 69.7 Å². The van der Waals surface area contributed by atoms with Gasteiger partial charge in [-0.3, -0.25) is 19.2 Å². The number of carbonyl (C=O) groups is 4. The lowest BCUT2D eigenvalue weighted by molar-refractivity contribution is -0.146. The lowest BCUT2D eigenvalue weighted by Gasteiger charge is -2.36. The quantitative estimate of drug-likeness (QED) is 0.211. The molecule has 2 spiro atoms. The van der Waals surface area contributed by atoms with E-state index in [0.717, 1.165) is 51.4 Å². The minimum absolute atomic E-state index is 0.0231. The molecule has 2 amide bonds. The summed E-state index contributed by atoms with van der Waals surface area (Å²) in [4.78, 5) is 62.2. The first-order valence-corrected chi connectivity index (χ1v) is 21.2. The number of allylic oxidation sites excluding steroid dienone is 1. The first kappa shape index (κ1) is 38.0. The van der Waals surface area contributed by atoms with E-state index >= 15 is 0 Å². The predicted molar refractivity (Wildman–Crippen MR) is 204 cm³/mol. The maximum Gasteiger partial charge on any atom is 0.266 e. The number of nitrogens with two attached hydrogens (primary N) is 1. The lowest BCUT2D eigenvalue weighted by atomic mass is 9.73. The molecule has 2 aromatic rings. The summed E-state index contributed by atoms with van der Waals surface area (Å²) in [6.07, 6.45) is 12.2. The van der Waals surface area contributed by atoms with Crippen LogP contribution in [0, 0.1) is 44.8 Å². The zero-order valence-electron chi connectivity index (χ0n) is 32.1. The van der Waals surface area contributed by atoms with Crippen LogP contribution < -0.4 is 10.5 Å². The predicted octanol–water partition coefficient (Wildman–Crippen LogP) is 6.45. The average molecular weight is 747 g/mol. The molecule has 1 aromatic heterocycles. The molecule has 0 bridgehead atoms. The molecule has 4 saturated carbocycles. The van der Waals surface area contributed by atoms with E-state index < -0.39 is 44.8 Å². The van der Waals surface area contributed by atoms with E-state index in [1.54, 1.807) is 35.4 Å². The number of likely N-dealkylation sites (tertiary alicyclic amines) is 1. The molecule has 288 valence electrons. The largest absolute Gasteiger partial charge is 0.360 e. The second-order valence-electron chi connectivity index (χ2n) is 18.8. The van der Waals surface area contributed by atoms with Crippen molar-refractivity contribution >= 4 is 44.3 Å². The Bertz CT molecular complexity index is 1950. The van der Waals surface area contributed by atoms with Crippen LogP contribution in [0.15, 0.2) is 48.0 Å². The van der Waals surface area contributed by atoms with Crippen LogP contribution in [-0.2, 0) is 29.2 Å². The third-order valence-corrected chi connectivity index (χ3v) is 16.5. The summed E-state index contributed by atoms with van der Waals surface area (Å²) >= 11 is 0. The summed E-state index contributed by atoms with van der Waals surface area (Å²) < 4.78 is 29.6. The van der Waals surface area contributed by atoms with E-state index in [1.807, 2.05) is 20.8 Å². The number of rotatable bonds is 12. The normalized spacial score (nSPS) is 30.1. The summed E-state index contributed by atoms with van der Waals surface area (Å²) in [7, 11) is -4.28. The fourth-order valence-corrected chi connectivity index (χ4v) is 12.6. The Morgan fingerprint density at radius 1 is 1.04 bits per heavy atom. The van der Waals surface area contributed by atoms with E-state index in [0.29, 0.717) is 23.9 Å². The molecule has 11 heteroatoms. The maximum absolute atomic E-state index is 15.0. The van der Waals surface area contributed by atoms with Crippen molar-refractivity contribution in [2.45, 2.75) is 129 Å². The number of carbonyl (C=O) groups excluding carboxylic acids is 4. The SMILES string of the molecule is C=C[C@@H]1C[C@]1(CC(=O)[C@@H]1C[C@@]2(CN1C(=O)[C@@H](CC(=O)[C@@H](N)C1CCCCC1)C(C)(C)C)C(C)(C)C21CCC1)C(=O)NS(=O)(=O)c1cccc2cc[nH]c12. The number of H-pyrrole nitrogens is 1. The highest BCUT2D eigenvalue weighted by Gasteiger charge is 2.85. The van der Waals surface area contributed by atoms with Crippen LogP contribution in [0.25, 0.3) is 10.9 Å². The van der Waals surface area contributed by atoms with Crippen molar-refractivity contribution in [2.75, 3.05) is 6.54 Å². The number of sulfonamides is 1. The van der Waals surface area contributed by atoms with Crippen molar-refractivity contribution in [3.05, 3.63) is 43.1 Å². The number of aromatic amines is 1. The third-order valence-electron chi connectivity index (χ3n) is 15.2. The number of fused-ring (bicyclic) bond motifs is 2. The Morgan fingerprint density at radius 3 is 2.32 bits per heavy atom. The number of benzene rings is 1. The van der Waals surface area contributed by atoms with Crippen molar-refractivity contribution < 1.29 is 27.6 Å². The highest BCUT2D eigenvalue weighted by molar-refractivity contribution is 7.90. The molecule has 1 saturated heterocycles. The first-order chi connectivity index (χ1) is 24.9. The molecule has 0 unspecified atom stereocenters. The highest BCUT2D eigenvalue weighted by Crippen LogP contribution is 2.88. The van der Waals surface area contributed by atoms with Gasteiger partial charge >= 0.3 is 0 Å². The van der Waals surface area contributed by atoms with Gasteiger partial charge in [0.1, 0.15) is 4.90 Å². The Labute approximate surface area is 314 Å². The van der Waals surface area contributed by atoms with Crippen LogP contribution in [0.1, 0.15) is 112 Å². The summed E-state index contributed by atoms with van der Waals surface area (Å²) in [5, 5.41) is 0.694. The number of hydrogen-bond donors (Lipinski definition) is 3. The molecule has 6 atom stereocenters. The number of Topliss-reactive ketones (excluding diaryl/α,β-unsaturated/α-hetero) is 2. The molecule has 10 nitrogen and oxygen atoms in total. The van der Waals surface area contributed by atoms with Gasteiger partial charge in [0.05, 0.1) is 23.0 Å². The van der Waals surface area contributed by atoms with Gasteiger partial charge in [-0.1, -0.05) is 78.5 Å². The fraction of sp³-hybridized carbons (Fsp3) is 0.667. The van der Waals surface area contributed by atoms with Crippen LogP contribution in [0.3, 0.4) is 0 Å². The molecular formula is C42H58N4O6S. The molecule has 1 aromatic carbocycles. The van der Waals surface area contributed by atoms with Crippen molar-refractivity contribution in [1.82, 2.24) is 14.6 Å². The summed E-state index contributed by atoms with van der Waals surface area (Å²) in [5.74, 6) is -2.21. The number of amides is 2. The molecule has 5 aliphatic rings. The van der Waals surface area contributed by atoms with Crippen LogP contribution in [0.2, 0.25) is 0 Å². The third kappa shape index (κ3) is 5.85. The van der Waals surface area contributed by atoms with Crippen LogP contribution >= 0.6 is 0 Å². The maximum atomic E-state index is 15.0. The Kier molecular flexibility index (Phi) is 9.24. The van der Waals surface area contributed by atoms with Crippen LogP contribution in [0.5, 0.6) is 0 Å². The van der Waals surface area contributed by atoms with Crippen molar-refractivity contribution in [1.29, 1.82) is 0 Å². The molecular weight excluding hydrogens is 689 g/mol.